The van der Waals surface area contributed by atoms with E-state index in [1.165, 1.54) is 33.4 Å². The van der Waals surface area contributed by atoms with Gasteiger partial charge in [-0.15, -0.1) is 0 Å². The first-order valence-corrected chi connectivity index (χ1v) is 8.16. The lowest BCUT2D eigenvalue weighted by Gasteiger charge is -2.23. The summed E-state index contributed by atoms with van der Waals surface area (Å²) in [7, 11) is 0. The van der Waals surface area contributed by atoms with Gasteiger partial charge in [0.25, 0.3) is 0 Å². The first kappa shape index (κ1) is 13.6. The van der Waals surface area contributed by atoms with E-state index in [-0.39, 0.29) is 5.41 Å². The van der Waals surface area contributed by atoms with Crippen LogP contribution in [0.3, 0.4) is 0 Å². The lowest BCUT2D eigenvalue weighted by atomic mass is 9.80. The van der Waals surface area contributed by atoms with Crippen molar-refractivity contribution in [2.75, 3.05) is 0 Å². The van der Waals surface area contributed by atoms with Gasteiger partial charge in [0, 0.05) is 11.3 Å². The van der Waals surface area contributed by atoms with Gasteiger partial charge in [-0.3, -0.25) is 0 Å². The molecule has 22 heavy (non-hydrogen) atoms. The van der Waals surface area contributed by atoms with Crippen molar-refractivity contribution >= 4 is 0 Å². The van der Waals surface area contributed by atoms with E-state index in [4.69, 9.17) is 0 Å². The average Bonchev–Trinajstić information content (AvgIpc) is 2.77. The molecule has 0 nitrogen and oxygen atoms in total. The molecule has 1 unspecified atom stereocenters. The van der Waals surface area contributed by atoms with Crippen molar-refractivity contribution < 1.29 is 0 Å². The minimum atomic E-state index is 0.103. The fraction of sp³-hybridized carbons (Fsp3) is 0.273. The third-order valence-corrected chi connectivity index (χ3v) is 5.32. The SMILES string of the molecule is CC1=CCC(c2ccc3c(c2)C(C)(C)c2ccccc2-3)C=C1. The predicted octanol–water partition coefficient (Wildman–Crippen LogP) is 5.98. The number of rotatable bonds is 1. The zero-order chi connectivity index (χ0) is 15.3. The van der Waals surface area contributed by atoms with Crippen molar-refractivity contribution in [2.45, 2.75) is 38.5 Å². The molecule has 0 heterocycles. The maximum Gasteiger partial charge on any atom is 0.0158 e. The molecule has 0 fully saturated rings. The summed E-state index contributed by atoms with van der Waals surface area (Å²) in [6, 6.07) is 15.9. The average molecular weight is 286 g/mol. The van der Waals surface area contributed by atoms with Crippen LogP contribution in [0.5, 0.6) is 0 Å². The maximum atomic E-state index is 2.44. The third-order valence-electron chi connectivity index (χ3n) is 5.32. The Balaban J connectivity index is 1.81. The summed E-state index contributed by atoms with van der Waals surface area (Å²) in [5.41, 5.74) is 8.68. The highest BCUT2D eigenvalue weighted by Crippen LogP contribution is 2.49. The molecular weight excluding hydrogens is 264 g/mol. The van der Waals surface area contributed by atoms with Gasteiger partial charge in [0.1, 0.15) is 0 Å². The molecule has 0 heteroatoms. The maximum absolute atomic E-state index is 2.44. The first-order chi connectivity index (χ1) is 10.6. The molecule has 0 saturated heterocycles. The van der Waals surface area contributed by atoms with Gasteiger partial charge in [0.15, 0.2) is 0 Å². The van der Waals surface area contributed by atoms with Crippen LogP contribution in [0.2, 0.25) is 0 Å². The highest BCUT2D eigenvalue weighted by Gasteiger charge is 2.35. The Kier molecular flexibility index (Phi) is 2.91. The zero-order valence-corrected chi connectivity index (χ0v) is 13.6. The van der Waals surface area contributed by atoms with Crippen LogP contribution in [-0.2, 0) is 5.41 Å². The van der Waals surface area contributed by atoms with Crippen molar-refractivity contribution in [2.24, 2.45) is 0 Å². The van der Waals surface area contributed by atoms with Gasteiger partial charge in [-0.25, -0.2) is 0 Å². The summed E-state index contributed by atoms with van der Waals surface area (Å²) in [6.45, 7) is 6.87. The minimum absolute atomic E-state index is 0.103. The lowest BCUT2D eigenvalue weighted by molar-refractivity contribution is 0.658. The molecule has 0 amide bonds. The molecule has 0 aromatic heterocycles. The summed E-state index contributed by atoms with van der Waals surface area (Å²) < 4.78 is 0. The van der Waals surface area contributed by atoms with E-state index in [0.29, 0.717) is 5.92 Å². The summed E-state index contributed by atoms with van der Waals surface area (Å²) >= 11 is 0. The Morgan fingerprint density at radius 1 is 0.955 bits per heavy atom. The van der Waals surface area contributed by atoms with E-state index in [1.54, 1.807) is 0 Å². The molecule has 0 aliphatic heterocycles. The number of hydrogen-bond acceptors (Lipinski definition) is 0. The van der Waals surface area contributed by atoms with Crippen LogP contribution in [0.15, 0.2) is 66.3 Å². The smallest absolute Gasteiger partial charge is 0.0158 e. The lowest BCUT2D eigenvalue weighted by Crippen LogP contribution is -2.15. The Bertz CT molecular complexity index is 803. The Morgan fingerprint density at radius 2 is 1.73 bits per heavy atom. The molecule has 2 aromatic rings. The largest absolute Gasteiger partial charge is 0.0807 e. The molecular formula is C22H22. The molecule has 0 N–H and O–H groups in total. The van der Waals surface area contributed by atoms with E-state index in [9.17, 15) is 0 Å². The fourth-order valence-electron chi connectivity index (χ4n) is 3.93. The van der Waals surface area contributed by atoms with Crippen molar-refractivity contribution in [1.82, 2.24) is 0 Å². The summed E-state index contributed by atoms with van der Waals surface area (Å²) in [4.78, 5) is 0. The van der Waals surface area contributed by atoms with E-state index >= 15 is 0 Å². The number of hydrogen-bond donors (Lipinski definition) is 0. The van der Waals surface area contributed by atoms with Crippen LogP contribution in [0.4, 0.5) is 0 Å². The number of benzene rings is 2. The number of allylic oxidation sites excluding steroid dienone is 4. The van der Waals surface area contributed by atoms with Gasteiger partial charge >= 0.3 is 0 Å². The van der Waals surface area contributed by atoms with Gasteiger partial charge in [-0.05, 0) is 41.2 Å². The highest BCUT2D eigenvalue weighted by molar-refractivity contribution is 5.81. The molecule has 2 aromatic carbocycles. The number of fused-ring (bicyclic) bond motifs is 3. The molecule has 2 aliphatic rings. The summed E-state index contributed by atoms with van der Waals surface area (Å²) in [6.07, 6.45) is 8.07. The molecule has 1 atom stereocenters. The van der Waals surface area contributed by atoms with Crippen molar-refractivity contribution in [3.8, 4) is 11.1 Å². The van der Waals surface area contributed by atoms with E-state index in [2.05, 4.69) is 81.5 Å². The van der Waals surface area contributed by atoms with E-state index in [1.807, 2.05) is 0 Å². The molecule has 0 spiro atoms. The normalized spacial score (nSPS) is 21.2. The predicted molar refractivity (Wildman–Crippen MR) is 94.3 cm³/mol. The Labute approximate surface area is 133 Å². The van der Waals surface area contributed by atoms with E-state index in [0.717, 1.165) is 6.42 Å². The fourth-order valence-corrected chi connectivity index (χ4v) is 3.93. The van der Waals surface area contributed by atoms with Crippen molar-refractivity contribution in [3.05, 3.63) is 83.0 Å². The molecule has 0 saturated carbocycles. The van der Waals surface area contributed by atoms with Crippen LogP contribution in [-0.4, -0.2) is 0 Å². The van der Waals surface area contributed by atoms with Gasteiger partial charge in [-0.1, -0.05) is 80.1 Å². The summed E-state index contributed by atoms with van der Waals surface area (Å²) in [5.74, 6) is 0.522. The molecule has 0 bridgehead atoms. The van der Waals surface area contributed by atoms with Crippen LogP contribution >= 0.6 is 0 Å². The topological polar surface area (TPSA) is 0 Å². The standard InChI is InChI=1S/C22H22/c1-15-8-10-16(11-9-15)17-12-13-19-18-6-4-5-7-20(18)22(2,3)21(19)14-17/h4-10,12-14,16H,11H2,1-3H3. The van der Waals surface area contributed by atoms with Crippen molar-refractivity contribution in [3.63, 3.8) is 0 Å². The second kappa shape index (κ2) is 4.71. The second-order valence-corrected chi connectivity index (χ2v) is 7.13. The van der Waals surface area contributed by atoms with Crippen LogP contribution in [0.1, 0.15) is 49.8 Å². The monoisotopic (exact) mass is 286 g/mol. The Morgan fingerprint density at radius 3 is 2.50 bits per heavy atom. The summed E-state index contributed by atoms with van der Waals surface area (Å²) in [5, 5.41) is 0. The van der Waals surface area contributed by atoms with Crippen LogP contribution in [0.25, 0.3) is 11.1 Å². The molecule has 0 radical (unpaired) electrons. The van der Waals surface area contributed by atoms with Gasteiger partial charge in [0.2, 0.25) is 0 Å². The van der Waals surface area contributed by atoms with Gasteiger partial charge in [0.05, 0.1) is 0 Å². The van der Waals surface area contributed by atoms with Gasteiger partial charge in [-0.2, -0.15) is 0 Å². The molecule has 2 aliphatic carbocycles. The Hall–Kier alpha value is -2.08. The van der Waals surface area contributed by atoms with Gasteiger partial charge < -0.3 is 0 Å². The van der Waals surface area contributed by atoms with E-state index < -0.39 is 0 Å². The van der Waals surface area contributed by atoms with Crippen LogP contribution < -0.4 is 0 Å². The third kappa shape index (κ3) is 1.90. The minimum Gasteiger partial charge on any atom is -0.0807 e. The highest BCUT2D eigenvalue weighted by atomic mass is 14.4. The van der Waals surface area contributed by atoms with Crippen molar-refractivity contribution in [1.29, 1.82) is 0 Å². The molecule has 4 rings (SSSR count). The second-order valence-electron chi connectivity index (χ2n) is 7.13. The zero-order valence-electron chi connectivity index (χ0n) is 13.6. The van der Waals surface area contributed by atoms with Crippen LogP contribution in [0, 0.1) is 0 Å². The molecule has 110 valence electrons. The quantitative estimate of drug-likeness (QED) is 0.604. The first-order valence-electron chi connectivity index (χ1n) is 8.16.